The topological polar surface area (TPSA) is 57.6 Å². The van der Waals surface area contributed by atoms with Crippen LogP contribution in [-0.2, 0) is 9.59 Å². The van der Waals surface area contributed by atoms with Gasteiger partial charge in [-0.3, -0.25) is 9.59 Å². The van der Waals surface area contributed by atoms with Gasteiger partial charge in [-0.1, -0.05) is 35.3 Å². The van der Waals surface area contributed by atoms with Crippen LogP contribution in [0.15, 0.2) is 18.2 Å². The Balaban J connectivity index is 1.68. The third-order valence-corrected chi connectivity index (χ3v) is 5.40. The molecule has 2 aliphatic rings. The lowest BCUT2D eigenvalue weighted by Crippen LogP contribution is -2.43. The highest BCUT2D eigenvalue weighted by Gasteiger charge is 2.47. The monoisotopic (exact) mass is 341 g/mol. The molecule has 3 atom stereocenters. The molecule has 3 rings (SSSR count). The minimum absolute atomic E-state index is 0.0481. The highest BCUT2D eigenvalue weighted by molar-refractivity contribution is 6.42. The van der Waals surface area contributed by atoms with Gasteiger partial charge in [0.15, 0.2) is 0 Å². The zero-order valence-corrected chi connectivity index (χ0v) is 13.5. The van der Waals surface area contributed by atoms with Crippen molar-refractivity contribution in [3.8, 4) is 0 Å². The minimum Gasteiger partial charge on any atom is -0.481 e. The highest BCUT2D eigenvalue weighted by atomic mass is 35.5. The number of carboxylic acid groups (broad SMARTS) is 1. The van der Waals surface area contributed by atoms with Gasteiger partial charge in [0, 0.05) is 19.0 Å². The third kappa shape index (κ3) is 2.95. The smallest absolute Gasteiger partial charge is 0.308 e. The van der Waals surface area contributed by atoms with Crippen LogP contribution < -0.4 is 0 Å². The summed E-state index contributed by atoms with van der Waals surface area (Å²) in [5.41, 5.74) is 0.916. The number of carbonyl (C=O) groups excluding carboxylic acids is 1. The minimum atomic E-state index is -0.817. The van der Waals surface area contributed by atoms with Gasteiger partial charge in [0.2, 0.25) is 5.91 Å². The summed E-state index contributed by atoms with van der Waals surface area (Å²) in [6.07, 6.45) is 2.15. The number of hydrogen-bond donors (Lipinski definition) is 1. The summed E-state index contributed by atoms with van der Waals surface area (Å²) in [5, 5.41) is 10.1. The SMILES string of the molecule is O=C(O)C1CCCN(C(=O)C2CC2c2cccc(Cl)c2Cl)C1. The van der Waals surface area contributed by atoms with Crippen molar-refractivity contribution >= 4 is 35.1 Å². The first-order valence-corrected chi connectivity index (χ1v) is 8.20. The number of benzene rings is 1. The summed E-state index contributed by atoms with van der Waals surface area (Å²) in [4.78, 5) is 25.4. The van der Waals surface area contributed by atoms with Crippen LogP contribution >= 0.6 is 23.2 Å². The van der Waals surface area contributed by atoms with Crippen molar-refractivity contribution < 1.29 is 14.7 Å². The Kier molecular flexibility index (Phi) is 4.33. The van der Waals surface area contributed by atoms with Gasteiger partial charge in [-0.25, -0.2) is 0 Å². The van der Waals surface area contributed by atoms with Gasteiger partial charge in [0.25, 0.3) is 0 Å². The molecule has 6 heteroatoms. The molecule has 1 aromatic carbocycles. The van der Waals surface area contributed by atoms with Crippen LogP contribution in [-0.4, -0.2) is 35.0 Å². The van der Waals surface area contributed by atoms with E-state index in [1.807, 2.05) is 12.1 Å². The molecule has 4 nitrogen and oxygen atoms in total. The zero-order valence-electron chi connectivity index (χ0n) is 12.0. The van der Waals surface area contributed by atoms with Crippen molar-refractivity contribution in [2.24, 2.45) is 11.8 Å². The summed E-state index contributed by atoms with van der Waals surface area (Å²) in [6.45, 7) is 0.968. The molecule has 1 saturated heterocycles. The number of rotatable bonds is 3. The van der Waals surface area contributed by atoms with Crippen LogP contribution in [0.3, 0.4) is 0 Å². The number of hydrogen-bond acceptors (Lipinski definition) is 2. The number of likely N-dealkylation sites (tertiary alicyclic amines) is 1. The Morgan fingerprint density at radius 1 is 1.27 bits per heavy atom. The van der Waals surface area contributed by atoms with Crippen LogP contribution in [0.4, 0.5) is 0 Å². The summed E-state index contributed by atoms with van der Waals surface area (Å²) in [5.74, 6) is -1.20. The summed E-state index contributed by atoms with van der Waals surface area (Å²) < 4.78 is 0. The summed E-state index contributed by atoms with van der Waals surface area (Å²) >= 11 is 12.2. The van der Waals surface area contributed by atoms with Gasteiger partial charge >= 0.3 is 5.97 Å². The normalized spacial score (nSPS) is 27.5. The van der Waals surface area contributed by atoms with E-state index in [1.54, 1.807) is 11.0 Å². The summed E-state index contributed by atoms with van der Waals surface area (Å²) in [6, 6.07) is 5.47. The van der Waals surface area contributed by atoms with E-state index in [1.165, 1.54) is 0 Å². The molecule has 0 spiro atoms. The molecule has 1 heterocycles. The Morgan fingerprint density at radius 3 is 2.77 bits per heavy atom. The van der Waals surface area contributed by atoms with Crippen molar-refractivity contribution in [3.63, 3.8) is 0 Å². The lowest BCUT2D eigenvalue weighted by Gasteiger charge is -2.31. The number of carbonyl (C=O) groups is 2. The highest BCUT2D eigenvalue weighted by Crippen LogP contribution is 2.51. The van der Waals surface area contributed by atoms with Gasteiger partial charge < -0.3 is 10.0 Å². The molecule has 1 amide bonds. The number of aliphatic carboxylic acids is 1. The van der Waals surface area contributed by atoms with E-state index in [2.05, 4.69) is 0 Å². The molecule has 2 fully saturated rings. The van der Waals surface area contributed by atoms with Gasteiger partial charge in [-0.05, 0) is 36.8 Å². The lowest BCUT2D eigenvalue weighted by molar-refractivity contribution is -0.146. The van der Waals surface area contributed by atoms with Gasteiger partial charge in [0.05, 0.1) is 16.0 Å². The lowest BCUT2D eigenvalue weighted by atomic mass is 9.97. The molecule has 3 unspecified atom stereocenters. The van der Waals surface area contributed by atoms with Crippen molar-refractivity contribution in [1.82, 2.24) is 4.90 Å². The zero-order chi connectivity index (χ0) is 15.9. The average Bonchev–Trinajstić information content (AvgIpc) is 3.29. The van der Waals surface area contributed by atoms with Gasteiger partial charge in [-0.2, -0.15) is 0 Å². The number of amides is 1. The quantitative estimate of drug-likeness (QED) is 0.916. The maximum atomic E-state index is 12.6. The molecule has 0 aromatic heterocycles. The van der Waals surface area contributed by atoms with E-state index in [-0.39, 0.29) is 17.7 Å². The average molecular weight is 342 g/mol. The molecular weight excluding hydrogens is 325 g/mol. The molecule has 1 aromatic rings. The van der Waals surface area contributed by atoms with Crippen molar-refractivity contribution in [2.45, 2.75) is 25.2 Å². The molecule has 118 valence electrons. The Labute approximate surface area is 139 Å². The Hall–Kier alpha value is -1.26. The number of halogens is 2. The number of nitrogens with zero attached hydrogens (tertiary/aromatic N) is 1. The van der Waals surface area contributed by atoms with E-state index < -0.39 is 11.9 Å². The maximum Gasteiger partial charge on any atom is 0.308 e. The standard InChI is InChI=1S/C16H17Cl2NO3/c17-13-5-1-4-10(14(13)18)11-7-12(11)15(20)19-6-2-3-9(8-19)16(21)22/h1,4-5,9,11-12H,2-3,6-8H2,(H,21,22). The first kappa shape index (κ1) is 15.6. The molecule has 0 bridgehead atoms. The van der Waals surface area contributed by atoms with Gasteiger partial charge in [-0.15, -0.1) is 0 Å². The van der Waals surface area contributed by atoms with Crippen molar-refractivity contribution in [1.29, 1.82) is 0 Å². The third-order valence-electron chi connectivity index (χ3n) is 4.57. The second-order valence-electron chi connectivity index (χ2n) is 6.05. The van der Waals surface area contributed by atoms with Crippen molar-refractivity contribution in [3.05, 3.63) is 33.8 Å². The van der Waals surface area contributed by atoms with Gasteiger partial charge in [0.1, 0.15) is 0 Å². The second kappa shape index (κ2) is 6.09. The van der Waals surface area contributed by atoms with Crippen LogP contribution in [0.5, 0.6) is 0 Å². The fourth-order valence-corrected chi connectivity index (χ4v) is 3.68. The molecule has 1 saturated carbocycles. The largest absolute Gasteiger partial charge is 0.481 e. The Morgan fingerprint density at radius 2 is 2.05 bits per heavy atom. The van der Waals surface area contributed by atoms with E-state index in [0.29, 0.717) is 29.6 Å². The van der Waals surface area contributed by atoms with E-state index >= 15 is 0 Å². The van der Waals surface area contributed by atoms with Crippen LogP contribution in [0.2, 0.25) is 10.0 Å². The van der Waals surface area contributed by atoms with E-state index in [9.17, 15) is 9.59 Å². The second-order valence-corrected chi connectivity index (χ2v) is 6.84. The van der Waals surface area contributed by atoms with Crippen LogP contribution in [0, 0.1) is 11.8 Å². The van der Waals surface area contributed by atoms with E-state index in [4.69, 9.17) is 28.3 Å². The molecule has 22 heavy (non-hydrogen) atoms. The fraction of sp³-hybridized carbons (Fsp3) is 0.500. The maximum absolute atomic E-state index is 12.6. The predicted octanol–water partition coefficient (Wildman–Crippen LogP) is 3.42. The van der Waals surface area contributed by atoms with Crippen LogP contribution in [0.25, 0.3) is 0 Å². The predicted molar refractivity (Wildman–Crippen MR) is 84.2 cm³/mol. The summed E-state index contributed by atoms with van der Waals surface area (Å²) in [7, 11) is 0. The van der Waals surface area contributed by atoms with Crippen molar-refractivity contribution in [2.75, 3.05) is 13.1 Å². The number of carboxylic acids is 1. The fourth-order valence-electron chi connectivity index (χ4n) is 3.23. The molecule has 1 N–H and O–H groups in total. The first-order chi connectivity index (χ1) is 10.5. The molecule has 1 aliphatic heterocycles. The molecule has 0 radical (unpaired) electrons. The van der Waals surface area contributed by atoms with E-state index in [0.717, 1.165) is 18.4 Å². The first-order valence-electron chi connectivity index (χ1n) is 7.44. The number of piperidine rings is 1. The molecule has 1 aliphatic carbocycles. The van der Waals surface area contributed by atoms with Crippen LogP contribution in [0.1, 0.15) is 30.7 Å². The molecular formula is C16H17Cl2NO3. The Bertz CT molecular complexity index is 619.